The highest BCUT2D eigenvalue weighted by atomic mass is 16.5. The topological polar surface area (TPSA) is 167 Å². The molecule has 0 aromatic heterocycles. The maximum absolute atomic E-state index is 13.2. The minimum Gasteiger partial charge on any atom is -0.466 e. The predicted molar refractivity (Wildman–Crippen MR) is 152 cm³/mol. The molecule has 0 saturated heterocycles. The number of hydrogen-bond acceptors (Lipinski definition) is 9. The van der Waals surface area contributed by atoms with E-state index in [9.17, 15) is 19.2 Å². The minimum atomic E-state index is -1.28. The van der Waals surface area contributed by atoms with Gasteiger partial charge in [-0.1, -0.05) is 12.1 Å². The van der Waals surface area contributed by atoms with E-state index in [-0.39, 0.29) is 44.9 Å². The van der Waals surface area contributed by atoms with Crippen LogP contribution in [0.25, 0.3) is 6.08 Å². The number of benzene rings is 2. The lowest BCUT2D eigenvalue weighted by Gasteiger charge is -2.33. The van der Waals surface area contributed by atoms with E-state index < -0.39 is 29.4 Å². The summed E-state index contributed by atoms with van der Waals surface area (Å²) in [6.07, 6.45) is 1.31. The van der Waals surface area contributed by atoms with Crippen LogP contribution in [0.1, 0.15) is 61.5 Å². The second-order valence-electron chi connectivity index (χ2n) is 9.22. The Kier molecular flexibility index (Phi) is 12.7. The van der Waals surface area contributed by atoms with Crippen LogP contribution in [0, 0.1) is 5.41 Å². The van der Waals surface area contributed by atoms with Crippen LogP contribution in [-0.4, -0.2) is 62.1 Å². The maximum Gasteiger partial charge on any atom is 0.343 e. The fourth-order valence-electron chi connectivity index (χ4n) is 3.90. The zero-order valence-corrected chi connectivity index (χ0v) is 23.8. The van der Waals surface area contributed by atoms with Crippen molar-refractivity contribution in [1.82, 2.24) is 5.32 Å². The number of nitrogen functional groups attached to an aromatic ring is 1. The molecule has 0 fully saturated rings. The number of ether oxygens (including phenoxy) is 4. The molecular formula is C30H37N3O8. The molecule has 11 nitrogen and oxygen atoms in total. The van der Waals surface area contributed by atoms with Crippen molar-refractivity contribution in [3.05, 3.63) is 70.8 Å². The molecule has 220 valence electrons. The van der Waals surface area contributed by atoms with Gasteiger partial charge in [0.1, 0.15) is 11.6 Å². The van der Waals surface area contributed by atoms with E-state index in [2.05, 4.69) is 5.32 Å². The van der Waals surface area contributed by atoms with Crippen molar-refractivity contribution in [2.75, 3.05) is 26.9 Å². The molecule has 0 spiro atoms. The SMILES string of the molecule is CCOC(=O)CC(CCOC)(CC(=O)OCC)NC(=O)/C(C)=C/c1ccc(C(=O)Oc2ccc(C(=N)N)cc2)cc1. The average molecular weight is 568 g/mol. The number of nitrogens with one attached hydrogen (secondary N) is 2. The van der Waals surface area contributed by atoms with Crippen LogP contribution in [0.3, 0.4) is 0 Å². The Labute approximate surface area is 239 Å². The van der Waals surface area contributed by atoms with Crippen LogP contribution in [0.5, 0.6) is 5.75 Å². The minimum absolute atomic E-state index is 0.0887. The molecule has 0 radical (unpaired) electrons. The summed E-state index contributed by atoms with van der Waals surface area (Å²) in [7, 11) is 1.48. The van der Waals surface area contributed by atoms with Gasteiger partial charge in [0.15, 0.2) is 0 Å². The van der Waals surface area contributed by atoms with E-state index in [0.717, 1.165) is 0 Å². The summed E-state index contributed by atoms with van der Waals surface area (Å²) in [5, 5.41) is 10.3. The Morgan fingerprint density at radius 2 is 1.44 bits per heavy atom. The quantitative estimate of drug-likeness (QED) is 0.0961. The highest BCUT2D eigenvalue weighted by Crippen LogP contribution is 2.24. The van der Waals surface area contributed by atoms with Crippen LogP contribution in [-0.2, 0) is 28.6 Å². The lowest BCUT2D eigenvalue weighted by atomic mass is 9.87. The van der Waals surface area contributed by atoms with Crippen LogP contribution in [0.4, 0.5) is 0 Å². The van der Waals surface area contributed by atoms with Gasteiger partial charge in [-0.3, -0.25) is 19.8 Å². The number of amidine groups is 1. The molecule has 11 heteroatoms. The van der Waals surface area contributed by atoms with Crippen molar-refractivity contribution in [3.63, 3.8) is 0 Å². The molecule has 41 heavy (non-hydrogen) atoms. The van der Waals surface area contributed by atoms with Crippen LogP contribution < -0.4 is 15.8 Å². The van der Waals surface area contributed by atoms with E-state index in [1.807, 2.05) is 0 Å². The zero-order valence-electron chi connectivity index (χ0n) is 23.8. The molecule has 2 rings (SSSR count). The zero-order chi connectivity index (χ0) is 30.4. The number of amides is 1. The predicted octanol–water partition coefficient (Wildman–Crippen LogP) is 3.39. The maximum atomic E-state index is 13.2. The monoisotopic (exact) mass is 567 g/mol. The number of carbonyl (C=O) groups is 4. The van der Waals surface area contributed by atoms with Gasteiger partial charge < -0.3 is 30.0 Å². The first kappa shape index (κ1) is 32.7. The van der Waals surface area contributed by atoms with E-state index in [0.29, 0.717) is 28.0 Å². The molecule has 0 atom stereocenters. The lowest BCUT2D eigenvalue weighted by molar-refractivity contribution is -0.149. The van der Waals surface area contributed by atoms with Gasteiger partial charge in [-0.25, -0.2) is 4.79 Å². The Hall–Kier alpha value is -4.51. The van der Waals surface area contributed by atoms with Crippen molar-refractivity contribution < 1.29 is 38.1 Å². The number of carbonyl (C=O) groups excluding carboxylic acids is 4. The number of methoxy groups -OCH3 is 1. The molecule has 0 bridgehead atoms. The molecule has 0 unspecified atom stereocenters. The van der Waals surface area contributed by atoms with Gasteiger partial charge in [0.25, 0.3) is 0 Å². The normalized spacial score (nSPS) is 11.4. The van der Waals surface area contributed by atoms with E-state index >= 15 is 0 Å². The Balaban J connectivity index is 2.19. The Morgan fingerprint density at radius 3 is 1.93 bits per heavy atom. The summed E-state index contributed by atoms with van der Waals surface area (Å²) in [6.45, 7) is 5.42. The van der Waals surface area contributed by atoms with E-state index in [4.69, 9.17) is 30.1 Å². The van der Waals surface area contributed by atoms with Crippen molar-refractivity contribution in [1.29, 1.82) is 5.41 Å². The van der Waals surface area contributed by atoms with Crippen molar-refractivity contribution >= 4 is 35.7 Å². The number of nitrogens with two attached hydrogens (primary N) is 1. The lowest BCUT2D eigenvalue weighted by Crippen LogP contribution is -2.52. The second-order valence-corrected chi connectivity index (χ2v) is 9.22. The first-order chi connectivity index (χ1) is 19.5. The van der Waals surface area contributed by atoms with E-state index in [1.54, 1.807) is 75.4 Å². The molecule has 1 amide bonds. The highest BCUT2D eigenvalue weighted by molar-refractivity contribution is 5.98. The summed E-state index contributed by atoms with van der Waals surface area (Å²) in [6, 6.07) is 12.7. The van der Waals surface area contributed by atoms with Crippen molar-refractivity contribution in [2.45, 2.75) is 45.6 Å². The fourth-order valence-corrected chi connectivity index (χ4v) is 3.90. The first-order valence-corrected chi connectivity index (χ1v) is 13.1. The first-order valence-electron chi connectivity index (χ1n) is 13.1. The fraction of sp³-hybridized carbons (Fsp3) is 0.367. The van der Waals surface area contributed by atoms with Crippen molar-refractivity contribution in [3.8, 4) is 5.75 Å². The van der Waals surface area contributed by atoms with Gasteiger partial charge in [-0.15, -0.1) is 0 Å². The van der Waals surface area contributed by atoms with Gasteiger partial charge in [0.2, 0.25) is 5.91 Å². The van der Waals surface area contributed by atoms with Gasteiger partial charge in [-0.2, -0.15) is 0 Å². The van der Waals surface area contributed by atoms with Gasteiger partial charge in [0.05, 0.1) is 37.2 Å². The molecular weight excluding hydrogens is 530 g/mol. The molecule has 2 aromatic carbocycles. The summed E-state index contributed by atoms with van der Waals surface area (Å²) < 4.78 is 20.7. The number of esters is 3. The number of rotatable bonds is 15. The highest BCUT2D eigenvalue weighted by Gasteiger charge is 2.38. The third-order valence-corrected chi connectivity index (χ3v) is 6.00. The Bertz CT molecular complexity index is 1230. The molecule has 2 aromatic rings. The summed E-state index contributed by atoms with van der Waals surface area (Å²) in [4.78, 5) is 50.6. The van der Waals surface area contributed by atoms with Crippen molar-refractivity contribution in [2.24, 2.45) is 5.73 Å². The third-order valence-electron chi connectivity index (χ3n) is 6.00. The Morgan fingerprint density at radius 1 is 0.902 bits per heavy atom. The standard InChI is InChI=1S/C30H37N3O8/c1-5-39-25(34)18-30(15-16-38-4,19-26(35)40-6-2)33-28(36)20(3)17-21-7-9-23(10-8-21)29(37)41-24-13-11-22(12-14-24)27(31)32/h7-14,17H,5-6,15-16,18-19H2,1-4H3,(H3,31,32)(H,33,36)/b20-17+. The van der Waals surface area contributed by atoms with E-state index in [1.165, 1.54) is 7.11 Å². The second kappa shape index (κ2) is 15.9. The summed E-state index contributed by atoms with van der Waals surface area (Å²) in [5.41, 5.74) is 5.90. The average Bonchev–Trinajstić information content (AvgIpc) is 2.92. The van der Waals surface area contributed by atoms with Crippen LogP contribution >= 0.6 is 0 Å². The van der Waals surface area contributed by atoms with Crippen LogP contribution in [0.15, 0.2) is 54.1 Å². The molecule has 0 heterocycles. The molecule has 0 aliphatic heterocycles. The molecule has 0 saturated carbocycles. The molecule has 4 N–H and O–H groups in total. The van der Waals surface area contributed by atoms with Gasteiger partial charge in [-0.05, 0) is 75.2 Å². The number of hydrogen-bond donors (Lipinski definition) is 3. The molecule has 0 aliphatic rings. The summed E-state index contributed by atoms with van der Waals surface area (Å²) >= 11 is 0. The summed E-state index contributed by atoms with van der Waals surface area (Å²) in [5.74, 6) is -1.98. The largest absolute Gasteiger partial charge is 0.466 e. The van der Waals surface area contributed by atoms with Crippen LogP contribution in [0.2, 0.25) is 0 Å². The smallest absolute Gasteiger partial charge is 0.343 e. The molecule has 0 aliphatic carbocycles. The van der Waals surface area contributed by atoms with Gasteiger partial charge >= 0.3 is 17.9 Å². The van der Waals surface area contributed by atoms with Gasteiger partial charge in [0, 0.05) is 24.9 Å². The third kappa shape index (κ3) is 10.5.